The fourth-order valence-electron chi connectivity index (χ4n) is 3.47. The summed E-state index contributed by atoms with van der Waals surface area (Å²) < 4.78 is 11.8. The van der Waals surface area contributed by atoms with Gasteiger partial charge in [0.2, 0.25) is 5.43 Å². The minimum atomic E-state index is -1.04. The molecule has 0 atom stereocenters. The highest BCUT2D eigenvalue weighted by atomic mass is 16.5. The first kappa shape index (κ1) is 21.1. The van der Waals surface area contributed by atoms with Gasteiger partial charge >= 0.3 is 0 Å². The lowest BCUT2D eigenvalue weighted by Crippen LogP contribution is -2.47. The van der Waals surface area contributed by atoms with Crippen molar-refractivity contribution in [1.29, 1.82) is 0 Å². The van der Waals surface area contributed by atoms with E-state index in [1.54, 1.807) is 30.3 Å². The summed E-state index contributed by atoms with van der Waals surface area (Å²) in [4.78, 5) is 13.0. The number of fused-ring (bicyclic) bond motifs is 2. The zero-order chi connectivity index (χ0) is 21.8. The average Bonchev–Trinajstić information content (AvgIpc) is 2.82. The van der Waals surface area contributed by atoms with Crippen molar-refractivity contribution in [3.63, 3.8) is 0 Å². The van der Waals surface area contributed by atoms with Gasteiger partial charge in [0.1, 0.15) is 23.5 Å². The summed E-state index contributed by atoms with van der Waals surface area (Å²) in [7, 11) is 0. The lowest BCUT2D eigenvalue weighted by atomic mass is 9.93. The van der Waals surface area contributed by atoms with Crippen LogP contribution in [0.2, 0.25) is 0 Å². The molecule has 31 heavy (non-hydrogen) atoms. The van der Waals surface area contributed by atoms with E-state index in [9.17, 15) is 15.0 Å². The molecule has 0 spiro atoms. The first-order valence-corrected chi connectivity index (χ1v) is 10.2. The minimum Gasteiger partial charge on any atom is -0.489 e. The third-order valence-corrected chi connectivity index (χ3v) is 5.50. The molecule has 0 aliphatic rings. The summed E-state index contributed by atoms with van der Waals surface area (Å²) in [5.41, 5.74) is 7.69. The number of aliphatic hydroxyl groups excluding tert-OH is 2. The monoisotopic (exact) mass is 419 g/mol. The molecule has 6 heteroatoms. The second-order valence-electron chi connectivity index (χ2n) is 7.87. The molecule has 0 radical (unpaired) electrons. The Kier molecular flexibility index (Phi) is 6.04. The van der Waals surface area contributed by atoms with Gasteiger partial charge < -0.3 is 25.1 Å². The van der Waals surface area contributed by atoms with Crippen molar-refractivity contribution >= 4 is 21.9 Å². The maximum absolute atomic E-state index is 13.0. The Bertz CT molecular complexity index is 1250. The van der Waals surface area contributed by atoms with Gasteiger partial charge in [-0.1, -0.05) is 36.4 Å². The first-order valence-electron chi connectivity index (χ1n) is 10.2. The van der Waals surface area contributed by atoms with Gasteiger partial charge in [0.15, 0.2) is 0 Å². The van der Waals surface area contributed by atoms with Gasteiger partial charge in [0.25, 0.3) is 0 Å². The highest BCUT2D eigenvalue weighted by Gasteiger charge is 2.22. The van der Waals surface area contributed by atoms with Crippen molar-refractivity contribution in [1.82, 2.24) is 0 Å². The van der Waals surface area contributed by atoms with Crippen molar-refractivity contribution in [3.8, 4) is 5.75 Å². The van der Waals surface area contributed by atoms with E-state index in [-0.39, 0.29) is 18.6 Å². The van der Waals surface area contributed by atoms with Crippen LogP contribution in [0.25, 0.3) is 21.9 Å². The average molecular weight is 419 g/mol. The second-order valence-corrected chi connectivity index (χ2v) is 7.87. The third-order valence-electron chi connectivity index (χ3n) is 5.50. The molecule has 3 aromatic carbocycles. The van der Waals surface area contributed by atoms with E-state index in [2.05, 4.69) is 0 Å². The summed E-state index contributed by atoms with van der Waals surface area (Å²) in [6, 6.07) is 20.5. The quantitative estimate of drug-likeness (QED) is 0.379. The predicted octanol–water partition coefficient (Wildman–Crippen LogP) is 3.14. The van der Waals surface area contributed by atoms with Crippen molar-refractivity contribution in [2.24, 2.45) is 5.73 Å². The molecule has 6 nitrogen and oxygen atoms in total. The topological polar surface area (TPSA) is 106 Å². The van der Waals surface area contributed by atoms with Crippen LogP contribution in [0.15, 0.2) is 75.9 Å². The van der Waals surface area contributed by atoms with Crippen molar-refractivity contribution < 1.29 is 19.4 Å². The standard InChI is InChI=1S/C25H25NO5/c26-25(15-27,16-28)11-10-17-6-9-22-21(12-17)24(29)20-8-7-19(13-23(20)31-22)30-14-18-4-2-1-3-5-18/h1-9,12-13,27-28H,10-11,14-16,26H2. The molecule has 4 rings (SSSR count). The molecule has 0 bridgehead atoms. The molecular formula is C25H25NO5. The zero-order valence-corrected chi connectivity index (χ0v) is 17.1. The number of rotatable bonds is 8. The molecule has 1 heterocycles. The van der Waals surface area contributed by atoms with Crippen molar-refractivity contribution in [2.45, 2.75) is 25.0 Å². The van der Waals surface area contributed by atoms with E-state index in [0.717, 1.165) is 11.1 Å². The molecule has 1 aromatic heterocycles. The Morgan fingerprint density at radius 1 is 0.871 bits per heavy atom. The van der Waals surface area contributed by atoms with Gasteiger partial charge in [-0.05, 0) is 48.2 Å². The van der Waals surface area contributed by atoms with Crippen LogP contribution in [0.4, 0.5) is 0 Å². The van der Waals surface area contributed by atoms with Crippen LogP contribution in [0, 0.1) is 0 Å². The Morgan fingerprint density at radius 3 is 2.39 bits per heavy atom. The molecule has 0 fully saturated rings. The number of aliphatic hydroxyl groups is 2. The van der Waals surface area contributed by atoms with Gasteiger partial charge in [-0.3, -0.25) is 4.79 Å². The Morgan fingerprint density at radius 2 is 1.65 bits per heavy atom. The zero-order valence-electron chi connectivity index (χ0n) is 17.1. The SMILES string of the molecule is NC(CO)(CO)CCc1ccc2oc3cc(OCc4ccccc4)ccc3c(=O)c2c1. The molecule has 0 saturated heterocycles. The molecule has 4 aromatic rings. The highest BCUT2D eigenvalue weighted by molar-refractivity contribution is 5.90. The van der Waals surface area contributed by atoms with Crippen LogP contribution in [0.5, 0.6) is 5.75 Å². The van der Waals surface area contributed by atoms with Crippen molar-refractivity contribution in [3.05, 3.63) is 88.1 Å². The molecule has 4 N–H and O–H groups in total. The van der Waals surface area contributed by atoms with Crippen LogP contribution < -0.4 is 15.9 Å². The summed E-state index contributed by atoms with van der Waals surface area (Å²) in [6.07, 6.45) is 0.920. The number of aryl methyl sites for hydroxylation is 1. The van der Waals surface area contributed by atoms with Crippen LogP contribution >= 0.6 is 0 Å². The largest absolute Gasteiger partial charge is 0.489 e. The number of hydrogen-bond donors (Lipinski definition) is 3. The molecular weight excluding hydrogens is 394 g/mol. The molecule has 0 aliphatic heterocycles. The molecule has 0 aliphatic carbocycles. The van der Waals surface area contributed by atoms with E-state index < -0.39 is 5.54 Å². The second kappa shape index (κ2) is 8.89. The smallest absolute Gasteiger partial charge is 0.200 e. The van der Waals surface area contributed by atoms with Crippen molar-refractivity contribution in [2.75, 3.05) is 13.2 Å². The van der Waals surface area contributed by atoms with E-state index in [4.69, 9.17) is 14.9 Å². The van der Waals surface area contributed by atoms with E-state index in [1.165, 1.54) is 0 Å². The van der Waals surface area contributed by atoms with Gasteiger partial charge in [-0.25, -0.2) is 0 Å². The molecule has 0 amide bonds. The first-order chi connectivity index (χ1) is 15.0. The lowest BCUT2D eigenvalue weighted by Gasteiger charge is -2.24. The maximum Gasteiger partial charge on any atom is 0.200 e. The van der Waals surface area contributed by atoms with Gasteiger partial charge in [-0.2, -0.15) is 0 Å². The summed E-state index contributed by atoms with van der Waals surface area (Å²) >= 11 is 0. The van der Waals surface area contributed by atoms with Crippen LogP contribution in [-0.4, -0.2) is 29.0 Å². The van der Waals surface area contributed by atoms with Crippen LogP contribution in [-0.2, 0) is 13.0 Å². The van der Waals surface area contributed by atoms with E-state index in [0.29, 0.717) is 47.1 Å². The summed E-state index contributed by atoms with van der Waals surface area (Å²) in [6.45, 7) is -0.186. The summed E-state index contributed by atoms with van der Waals surface area (Å²) in [5, 5.41) is 19.7. The lowest BCUT2D eigenvalue weighted by molar-refractivity contribution is 0.115. The number of hydrogen-bond acceptors (Lipinski definition) is 6. The Hall–Kier alpha value is -3.19. The summed E-state index contributed by atoms with van der Waals surface area (Å²) in [5.74, 6) is 0.628. The number of benzene rings is 3. The number of ether oxygens (including phenoxy) is 1. The molecule has 160 valence electrons. The van der Waals surface area contributed by atoms with Gasteiger partial charge in [0, 0.05) is 6.07 Å². The van der Waals surface area contributed by atoms with E-state index in [1.807, 2.05) is 36.4 Å². The normalized spacial score (nSPS) is 11.8. The fourth-order valence-corrected chi connectivity index (χ4v) is 3.47. The maximum atomic E-state index is 13.0. The Balaban J connectivity index is 1.60. The third kappa shape index (κ3) is 4.61. The Labute approximate surface area is 179 Å². The predicted molar refractivity (Wildman–Crippen MR) is 120 cm³/mol. The van der Waals surface area contributed by atoms with Crippen LogP contribution in [0.1, 0.15) is 17.5 Å². The molecule has 0 unspecified atom stereocenters. The minimum absolute atomic E-state index is 0.115. The highest BCUT2D eigenvalue weighted by Crippen LogP contribution is 2.25. The molecule has 0 saturated carbocycles. The van der Waals surface area contributed by atoms with Gasteiger partial charge in [-0.15, -0.1) is 0 Å². The van der Waals surface area contributed by atoms with Crippen LogP contribution in [0.3, 0.4) is 0 Å². The van der Waals surface area contributed by atoms with E-state index >= 15 is 0 Å². The number of nitrogens with two attached hydrogens (primary N) is 1. The van der Waals surface area contributed by atoms with Gasteiger partial charge in [0.05, 0.1) is 29.5 Å². The fraction of sp³-hybridized carbons (Fsp3) is 0.240.